The van der Waals surface area contributed by atoms with Gasteiger partial charge in [-0.1, -0.05) is 37.3 Å². The molecule has 0 radical (unpaired) electrons. The van der Waals surface area contributed by atoms with Gasteiger partial charge in [0.25, 0.3) is 0 Å². The Kier molecular flexibility index (Phi) is 5.15. The maximum Gasteiger partial charge on any atom is 0.323 e. The SMILES string of the molecule is COC(=O)[C@@H]1C[C@@H](O)CN1C[C@H](C)Cc1ccccc1. The van der Waals surface area contributed by atoms with Crippen LogP contribution in [-0.2, 0) is 16.0 Å². The number of carbonyl (C=O) groups is 1. The molecule has 1 aliphatic heterocycles. The summed E-state index contributed by atoms with van der Waals surface area (Å²) in [6, 6.07) is 10.0. The number of ether oxygens (including phenoxy) is 1. The van der Waals surface area contributed by atoms with Gasteiger partial charge in [-0.2, -0.15) is 0 Å². The van der Waals surface area contributed by atoms with Gasteiger partial charge in [0.1, 0.15) is 6.04 Å². The molecule has 1 aliphatic rings. The maximum atomic E-state index is 11.7. The van der Waals surface area contributed by atoms with E-state index in [9.17, 15) is 9.90 Å². The van der Waals surface area contributed by atoms with Gasteiger partial charge in [-0.15, -0.1) is 0 Å². The van der Waals surface area contributed by atoms with E-state index in [0.717, 1.165) is 13.0 Å². The Hall–Kier alpha value is -1.39. The summed E-state index contributed by atoms with van der Waals surface area (Å²) in [6.45, 7) is 3.52. The van der Waals surface area contributed by atoms with E-state index < -0.39 is 6.10 Å². The van der Waals surface area contributed by atoms with Crippen LogP contribution in [0.2, 0.25) is 0 Å². The van der Waals surface area contributed by atoms with Crippen molar-refractivity contribution in [2.24, 2.45) is 5.92 Å². The molecule has 0 aliphatic carbocycles. The smallest absolute Gasteiger partial charge is 0.323 e. The lowest BCUT2D eigenvalue weighted by Gasteiger charge is -2.25. The van der Waals surface area contributed by atoms with Gasteiger partial charge in [0.2, 0.25) is 0 Å². The molecule has 4 heteroatoms. The standard InChI is InChI=1S/C16H23NO3/c1-12(8-13-6-4-3-5-7-13)10-17-11-14(18)9-15(17)16(19)20-2/h3-7,12,14-15,18H,8-11H2,1-2H3/t12-,14-,15+/m1/s1. The van der Waals surface area contributed by atoms with E-state index in [2.05, 4.69) is 19.1 Å². The minimum Gasteiger partial charge on any atom is -0.468 e. The van der Waals surface area contributed by atoms with Crippen LogP contribution in [-0.4, -0.2) is 48.3 Å². The normalized spacial score (nSPS) is 24.6. The molecule has 1 aromatic carbocycles. The van der Waals surface area contributed by atoms with Crippen LogP contribution >= 0.6 is 0 Å². The average Bonchev–Trinajstić information content (AvgIpc) is 2.79. The number of likely N-dealkylation sites (tertiary alicyclic amines) is 1. The molecule has 4 nitrogen and oxygen atoms in total. The van der Waals surface area contributed by atoms with Crippen LogP contribution in [0.5, 0.6) is 0 Å². The number of aliphatic hydroxyl groups is 1. The zero-order valence-corrected chi connectivity index (χ0v) is 12.2. The van der Waals surface area contributed by atoms with E-state index in [0.29, 0.717) is 18.9 Å². The number of carbonyl (C=O) groups excluding carboxylic acids is 1. The van der Waals surface area contributed by atoms with Gasteiger partial charge < -0.3 is 9.84 Å². The molecule has 1 aromatic rings. The lowest BCUT2D eigenvalue weighted by atomic mass is 10.0. The molecule has 20 heavy (non-hydrogen) atoms. The van der Waals surface area contributed by atoms with Crippen molar-refractivity contribution < 1.29 is 14.6 Å². The molecule has 1 N–H and O–H groups in total. The molecule has 110 valence electrons. The molecule has 3 atom stereocenters. The van der Waals surface area contributed by atoms with Gasteiger partial charge in [-0.25, -0.2) is 0 Å². The molecule has 0 bridgehead atoms. The van der Waals surface area contributed by atoms with E-state index in [4.69, 9.17) is 4.74 Å². The van der Waals surface area contributed by atoms with Crippen LogP contribution < -0.4 is 0 Å². The Morgan fingerprint density at radius 2 is 2.15 bits per heavy atom. The third-order valence-corrected chi connectivity index (χ3v) is 3.83. The first-order valence-electron chi connectivity index (χ1n) is 7.14. The van der Waals surface area contributed by atoms with E-state index in [1.807, 2.05) is 23.1 Å². The first-order chi connectivity index (χ1) is 9.60. The number of benzene rings is 1. The Bertz CT molecular complexity index is 435. The summed E-state index contributed by atoms with van der Waals surface area (Å²) in [6.07, 6.45) is 1.02. The molecule has 0 aromatic heterocycles. The zero-order chi connectivity index (χ0) is 14.5. The third-order valence-electron chi connectivity index (χ3n) is 3.83. The van der Waals surface area contributed by atoms with Crippen molar-refractivity contribution >= 4 is 5.97 Å². The van der Waals surface area contributed by atoms with Gasteiger partial charge in [-0.05, 0) is 17.9 Å². The van der Waals surface area contributed by atoms with Crippen LogP contribution in [0.4, 0.5) is 0 Å². The Morgan fingerprint density at radius 1 is 1.45 bits per heavy atom. The molecule has 0 saturated carbocycles. The minimum atomic E-state index is -0.428. The monoisotopic (exact) mass is 277 g/mol. The lowest BCUT2D eigenvalue weighted by molar-refractivity contribution is -0.146. The lowest BCUT2D eigenvalue weighted by Crippen LogP contribution is -2.39. The quantitative estimate of drug-likeness (QED) is 0.828. The average molecular weight is 277 g/mol. The number of rotatable bonds is 5. The second-order valence-electron chi connectivity index (χ2n) is 5.68. The highest BCUT2D eigenvalue weighted by molar-refractivity contribution is 5.76. The summed E-state index contributed by atoms with van der Waals surface area (Å²) >= 11 is 0. The third kappa shape index (κ3) is 3.81. The summed E-state index contributed by atoms with van der Waals surface area (Å²) in [7, 11) is 1.40. The molecular formula is C16H23NO3. The van der Waals surface area contributed by atoms with E-state index in [1.54, 1.807) is 0 Å². The predicted molar refractivity (Wildman–Crippen MR) is 77.3 cm³/mol. The van der Waals surface area contributed by atoms with Gasteiger partial charge in [0.05, 0.1) is 13.2 Å². The fourth-order valence-electron chi connectivity index (χ4n) is 2.94. The molecule has 2 rings (SSSR count). The van der Waals surface area contributed by atoms with Gasteiger partial charge >= 0.3 is 5.97 Å². The molecule has 1 saturated heterocycles. The zero-order valence-electron chi connectivity index (χ0n) is 12.2. The van der Waals surface area contributed by atoms with Gasteiger partial charge in [0, 0.05) is 19.5 Å². The van der Waals surface area contributed by atoms with E-state index in [1.165, 1.54) is 12.7 Å². The first-order valence-corrected chi connectivity index (χ1v) is 7.14. The van der Waals surface area contributed by atoms with Crippen LogP contribution in [0.3, 0.4) is 0 Å². The Labute approximate surface area is 120 Å². The number of β-amino-alcohol motifs (C(OH)–C–C–N with tert-alkyl or cyclic N) is 1. The number of hydrogen-bond acceptors (Lipinski definition) is 4. The van der Waals surface area contributed by atoms with Crippen LogP contribution in [0.1, 0.15) is 18.9 Å². The summed E-state index contributed by atoms with van der Waals surface area (Å²) in [5, 5.41) is 9.77. The summed E-state index contributed by atoms with van der Waals surface area (Å²) in [5.74, 6) is 0.184. The predicted octanol–water partition coefficient (Wildman–Crippen LogP) is 1.47. The number of esters is 1. The van der Waals surface area contributed by atoms with Crippen LogP contribution in [0.25, 0.3) is 0 Å². The molecule has 1 heterocycles. The van der Waals surface area contributed by atoms with Crippen molar-refractivity contribution in [2.75, 3.05) is 20.2 Å². The summed E-state index contributed by atoms with van der Waals surface area (Å²) < 4.78 is 4.82. The number of methoxy groups -OCH3 is 1. The van der Waals surface area contributed by atoms with Crippen LogP contribution in [0.15, 0.2) is 30.3 Å². The summed E-state index contributed by atoms with van der Waals surface area (Å²) in [4.78, 5) is 13.8. The van der Waals surface area contributed by atoms with E-state index in [-0.39, 0.29) is 12.0 Å². The minimum absolute atomic E-state index is 0.242. The second kappa shape index (κ2) is 6.86. The highest BCUT2D eigenvalue weighted by atomic mass is 16.5. The fraction of sp³-hybridized carbons (Fsp3) is 0.562. The van der Waals surface area contributed by atoms with Crippen molar-refractivity contribution in [1.29, 1.82) is 0 Å². The highest BCUT2D eigenvalue weighted by Crippen LogP contribution is 2.21. The number of nitrogens with zero attached hydrogens (tertiary/aromatic N) is 1. The first kappa shape index (κ1) is 15.0. The largest absolute Gasteiger partial charge is 0.468 e. The van der Waals surface area contributed by atoms with Gasteiger partial charge in [-0.3, -0.25) is 9.69 Å². The van der Waals surface area contributed by atoms with Crippen molar-refractivity contribution in [3.8, 4) is 0 Å². The molecule has 0 unspecified atom stereocenters. The van der Waals surface area contributed by atoms with Crippen molar-refractivity contribution in [3.05, 3.63) is 35.9 Å². The molecule has 1 fully saturated rings. The van der Waals surface area contributed by atoms with Crippen LogP contribution in [0, 0.1) is 5.92 Å². The second-order valence-corrected chi connectivity index (χ2v) is 5.68. The maximum absolute atomic E-state index is 11.7. The van der Waals surface area contributed by atoms with Crippen molar-refractivity contribution in [3.63, 3.8) is 0 Å². The molecule has 0 spiro atoms. The fourth-order valence-corrected chi connectivity index (χ4v) is 2.94. The van der Waals surface area contributed by atoms with Crippen molar-refractivity contribution in [1.82, 2.24) is 4.90 Å². The topological polar surface area (TPSA) is 49.8 Å². The number of hydrogen-bond donors (Lipinski definition) is 1. The molecule has 0 amide bonds. The Morgan fingerprint density at radius 3 is 2.80 bits per heavy atom. The van der Waals surface area contributed by atoms with E-state index >= 15 is 0 Å². The van der Waals surface area contributed by atoms with Gasteiger partial charge in [0.15, 0.2) is 0 Å². The summed E-state index contributed by atoms with van der Waals surface area (Å²) in [5.41, 5.74) is 1.30. The van der Waals surface area contributed by atoms with Crippen molar-refractivity contribution in [2.45, 2.75) is 31.9 Å². The Balaban J connectivity index is 1.92. The molecular weight excluding hydrogens is 254 g/mol. The highest BCUT2D eigenvalue weighted by Gasteiger charge is 2.37. The number of aliphatic hydroxyl groups excluding tert-OH is 1.